The van der Waals surface area contributed by atoms with Crippen molar-refractivity contribution < 1.29 is 18.0 Å². The van der Waals surface area contributed by atoms with Gasteiger partial charge in [-0.1, -0.05) is 26.7 Å². The Kier molecular flexibility index (Phi) is 4.63. The fourth-order valence-corrected chi connectivity index (χ4v) is 6.10. The van der Waals surface area contributed by atoms with Crippen LogP contribution in [0.4, 0.5) is 4.79 Å². The molecule has 3 aliphatic rings. The Hall–Kier alpha value is -1.15. The van der Waals surface area contributed by atoms with E-state index in [9.17, 15) is 18.0 Å². The van der Waals surface area contributed by atoms with Crippen LogP contribution in [0.25, 0.3) is 0 Å². The van der Waals surface area contributed by atoms with Crippen LogP contribution in [-0.2, 0) is 14.6 Å². The van der Waals surface area contributed by atoms with Crippen molar-refractivity contribution >= 4 is 21.8 Å². The molecule has 0 aromatic carbocycles. The van der Waals surface area contributed by atoms with E-state index in [1.165, 1.54) is 4.90 Å². The molecule has 136 valence electrons. The van der Waals surface area contributed by atoms with Crippen molar-refractivity contribution in [3.8, 4) is 0 Å². The van der Waals surface area contributed by atoms with Crippen LogP contribution in [0, 0.1) is 5.92 Å². The summed E-state index contributed by atoms with van der Waals surface area (Å²) in [5.41, 5.74) is -0.753. The van der Waals surface area contributed by atoms with Gasteiger partial charge in [-0.25, -0.2) is 18.1 Å². The van der Waals surface area contributed by atoms with Crippen LogP contribution in [0.1, 0.15) is 46.0 Å². The summed E-state index contributed by atoms with van der Waals surface area (Å²) >= 11 is 0. The number of amides is 3. The fraction of sp³-hybridized carbons (Fsp3) is 0.875. The van der Waals surface area contributed by atoms with Crippen molar-refractivity contribution in [2.24, 2.45) is 5.92 Å². The molecular weight excluding hydrogens is 330 g/mol. The lowest BCUT2D eigenvalue weighted by Crippen LogP contribution is -2.54. The second-order valence-electron chi connectivity index (χ2n) is 7.38. The van der Waals surface area contributed by atoms with Crippen molar-refractivity contribution in [3.05, 3.63) is 0 Å². The Bertz CT molecular complexity index is 635. The minimum atomic E-state index is -2.99. The molecule has 3 amide bonds. The maximum Gasteiger partial charge on any atom is 0.326 e. The lowest BCUT2D eigenvalue weighted by Gasteiger charge is -2.37. The Morgan fingerprint density at radius 3 is 2.62 bits per heavy atom. The standard InChI is InChI=1S/C16H27N3O4S/c1-3-18(13-7-9-24(22,23)10-13)11-19-14(20)16(17-15(19)21)8-5-4-6-12(16)2/h12-13H,3-11H2,1-2H3,(H,17,21)/t12-,13+,16+/m1/s1. The van der Waals surface area contributed by atoms with Gasteiger partial charge in [0.05, 0.1) is 18.2 Å². The Morgan fingerprint density at radius 1 is 1.29 bits per heavy atom. The maximum atomic E-state index is 13.0. The average molecular weight is 357 g/mol. The van der Waals surface area contributed by atoms with Crippen molar-refractivity contribution in [2.45, 2.75) is 57.5 Å². The summed E-state index contributed by atoms with van der Waals surface area (Å²) in [4.78, 5) is 28.7. The van der Waals surface area contributed by atoms with Crippen LogP contribution in [0.2, 0.25) is 0 Å². The molecule has 0 radical (unpaired) electrons. The van der Waals surface area contributed by atoms with Gasteiger partial charge in [0.15, 0.2) is 9.84 Å². The number of nitrogens with zero attached hydrogens (tertiary/aromatic N) is 2. The van der Waals surface area contributed by atoms with Gasteiger partial charge in [-0.05, 0) is 31.7 Å². The number of sulfone groups is 1. The normalized spacial score (nSPS) is 35.9. The molecule has 2 aliphatic heterocycles. The van der Waals surface area contributed by atoms with Gasteiger partial charge < -0.3 is 5.32 Å². The zero-order valence-electron chi connectivity index (χ0n) is 14.5. The topological polar surface area (TPSA) is 86.8 Å². The van der Waals surface area contributed by atoms with E-state index in [-0.39, 0.29) is 42.1 Å². The molecule has 2 heterocycles. The molecule has 1 aliphatic carbocycles. The molecule has 0 bridgehead atoms. The van der Waals surface area contributed by atoms with Gasteiger partial charge in [-0.15, -0.1) is 0 Å². The number of urea groups is 1. The lowest BCUT2D eigenvalue weighted by atomic mass is 9.73. The lowest BCUT2D eigenvalue weighted by molar-refractivity contribution is -0.135. The summed E-state index contributed by atoms with van der Waals surface area (Å²) < 4.78 is 23.5. The Morgan fingerprint density at radius 2 is 2.04 bits per heavy atom. The van der Waals surface area contributed by atoms with E-state index >= 15 is 0 Å². The number of carbonyl (C=O) groups is 2. The highest BCUT2D eigenvalue weighted by Gasteiger charge is 2.55. The van der Waals surface area contributed by atoms with E-state index in [0.717, 1.165) is 19.3 Å². The molecule has 2 saturated heterocycles. The van der Waals surface area contributed by atoms with E-state index in [2.05, 4.69) is 5.32 Å². The van der Waals surface area contributed by atoms with Crippen LogP contribution in [0.3, 0.4) is 0 Å². The molecule has 1 saturated carbocycles. The Labute approximate surface area is 143 Å². The second-order valence-corrected chi connectivity index (χ2v) is 9.61. The predicted molar refractivity (Wildman–Crippen MR) is 90.0 cm³/mol. The highest BCUT2D eigenvalue weighted by atomic mass is 32.2. The number of carbonyl (C=O) groups excluding carboxylic acids is 2. The van der Waals surface area contributed by atoms with E-state index in [1.54, 1.807) is 0 Å². The zero-order chi connectivity index (χ0) is 17.5. The van der Waals surface area contributed by atoms with Crippen LogP contribution in [-0.4, -0.2) is 66.5 Å². The van der Waals surface area contributed by atoms with Gasteiger partial charge >= 0.3 is 6.03 Å². The summed E-state index contributed by atoms with van der Waals surface area (Å²) in [7, 11) is -2.99. The molecular formula is C16H27N3O4S. The molecule has 0 aromatic rings. The summed E-state index contributed by atoms with van der Waals surface area (Å²) in [6.45, 7) is 4.75. The van der Waals surface area contributed by atoms with Gasteiger partial charge in [0, 0.05) is 6.04 Å². The SMILES string of the molecule is CCN(CN1C(=O)N[C@]2(CCCC[C@H]2C)C1=O)[C@H]1CCS(=O)(=O)C1. The van der Waals surface area contributed by atoms with E-state index in [4.69, 9.17) is 0 Å². The van der Waals surface area contributed by atoms with Gasteiger partial charge in [0.2, 0.25) is 0 Å². The highest BCUT2D eigenvalue weighted by molar-refractivity contribution is 7.91. The molecule has 0 aromatic heterocycles. The Balaban J connectivity index is 1.74. The molecule has 3 atom stereocenters. The summed E-state index contributed by atoms with van der Waals surface area (Å²) in [6, 6.07) is -0.450. The maximum absolute atomic E-state index is 13.0. The third-order valence-corrected chi connectivity index (χ3v) is 7.71. The second kappa shape index (κ2) is 6.29. The van der Waals surface area contributed by atoms with E-state index in [0.29, 0.717) is 19.4 Å². The van der Waals surface area contributed by atoms with Crippen molar-refractivity contribution in [1.29, 1.82) is 0 Å². The first-order valence-corrected chi connectivity index (χ1v) is 10.7. The minimum absolute atomic E-state index is 0.110. The van der Waals surface area contributed by atoms with Crippen LogP contribution < -0.4 is 5.32 Å². The summed E-state index contributed by atoms with van der Waals surface area (Å²) in [5.74, 6) is 0.301. The number of imide groups is 1. The van der Waals surface area contributed by atoms with Crippen LogP contribution in [0.15, 0.2) is 0 Å². The first kappa shape index (κ1) is 17.7. The molecule has 7 nitrogen and oxygen atoms in total. The number of hydrogen-bond donors (Lipinski definition) is 1. The number of hydrogen-bond acceptors (Lipinski definition) is 5. The first-order valence-electron chi connectivity index (χ1n) is 8.87. The monoisotopic (exact) mass is 357 g/mol. The van der Waals surface area contributed by atoms with E-state index in [1.807, 2.05) is 18.7 Å². The fourth-order valence-electron chi connectivity index (χ4n) is 4.34. The smallest absolute Gasteiger partial charge is 0.323 e. The summed E-state index contributed by atoms with van der Waals surface area (Å²) in [6.07, 6.45) is 4.24. The molecule has 8 heteroatoms. The third kappa shape index (κ3) is 2.94. The minimum Gasteiger partial charge on any atom is -0.323 e. The average Bonchev–Trinajstić information content (AvgIpc) is 3.00. The largest absolute Gasteiger partial charge is 0.326 e. The number of nitrogens with one attached hydrogen (secondary N) is 1. The van der Waals surface area contributed by atoms with E-state index < -0.39 is 15.4 Å². The van der Waals surface area contributed by atoms with Crippen LogP contribution >= 0.6 is 0 Å². The quantitative estimate of drug-likeness (QED) is 0.757. The van der Waals surface area contributed by atoms with Crippen molar-refractivity contribution in [3.63, 3.8) is 0 Å². The molecule has 0 unspecified atom stereocenters. The molecule has 1 spiro atoms. The first-order chi connectivity index (χ1) is 11.3. The highest BCUT2D eigenvalue weighted by Crippen LogP contribution is 2.38. The van der Waals surface area contributed by atoms with Crippen molar-refractivity contribution in [1.82, 2.24) is 15.1 Å². The van der Waals surface area contributed by atoms with Crippen LogP contribution in [0.5, 0.6) is 0 Å². The third-order valence-electron chi connectivity index (χ3n) is 5.96. The van der Waals surface area contributed by atoms with Gasteiger partial charge in [-0.3, -0.25) is 9.69 Å². The molecule has 24 heavy (non-hydrogen) atoms. The number of rotatable bonds is 4. The molecule has 3 fully saturated rings. The van der Waals surface area contributed by atoms with Crippen molar-refractivity contribution in [2.75, 3.05) is 24.7 Å². The molecule has 1 N–H and O–H groups in total. The van der Waals surface area contributed by atoms with Gasteiger partial charge in [0.25, 0.3) is 5.91 Å². The van der Waals surface area contributed by atoms with Gasteiger partial charge in [0.1, 0.15) is 5.54 Å². The summed E-state index contributed by atoms with van der Waals surface area (Å²) in [5, 5.41) is 2.95. The van der Waals surface area contributed by atoms with Gasteiger partial charge in [-0.2, -0.15) is 0 Å². The molecule has 3 rings (SSSR count). The predicted octanol–water partition coefficient (Wildman–Crippen LogP) is 0.954. The zero-order valence-corrected chi connectivity index (χ0v) is 15.3.